The number of carbonyl (C=O) groups excluding carboxylic acids is 2. The van der Waals surface area contributed by atoms with Crippen molar-refractivity contribution >= 4 is 54.9 Å². The van der Waals surface area contributed by atoms with E-state index in [4.69, 9.17) is 0 Å². The summed E-state index contributed by atoms with van der Waals surface area (Å²) in [5.74, 6) is -7.31. The molecule has 0 radical (unpaired) electrons. The van der Waals surface area contributed by atoms with Crippen LogP contribution in [0.3, 0.4) is 0 Å². The SMILES string of the molecule is COC(=O)c1c(C(=O)O)c(C(=O)OC)c(S(=O)(=O)O)c(C(=O)O)c1-c1ccc2cc(S(=O)(=O)O)ccc2c1. The van der Waals surface area contributed by atoms with Crippen molar-refractivity contribution in [2.75, 3.05) is 14.2 Å². The summed E-state index contributed by atoms with van der Waals surface area (Å²) in [6, 6.07) is 6.67. The number of fused-ring (bicyclic) bond motifs is 1. The van der Waals surface area contributed by atoms with Gasteiger partial charge in [-0.3, -0.25) is 9.11 Å². The van der Waals surface area contributed by atoms with Gasteiger partial charge in [-0.25, -0.2) is 19.2 Å². The highest BCUT2D eigenvalue weighted by atomic mass is 32.2. The van der Waals surface area contributed by atoms with Gasteiger partial charge in [-0.1, -0.05) is 18.2 Å². The molecule has 0 aliphatic rings. The van der Waals surface area contributed by atoms with Gasteiger partial charge in [-0.05, 0) is 34.5 Å². The third-order valence-corrected chi connectivity index (χ3v) is 7.09. The van der Waals surface area contributed by atoms with Crippen molar-refractivity contribution in [1.29, 1.82) is 0 Å². The minimum absolute atomic E-state index is 0.171. The second-order valence-electron chi connectivity index (χ2n) is 7.47. The Morgan fingerprint density at radius 1 is 0.658 bits per heavy atom. The van der Waals surface area contributed by atoms with Crippen molar-refractivity contribution in [3.63, 3.8) is 0 Å². The summed E-state index contributed by atoms with van der Waals surface area (Å²) in [7, 11) is -8.72. The third kappa shape index (κ3) is 4.92. The van der Waals surface area contributed by atoms with E-state index in [1.165, 1.54) is 12.1 Å². The predicted octanol–water partition coefficient (Wildman–Crippen LogP) is 1.97. The Kier molecular flexibility index (Phi) is 7.29. The lowest BCUT2D eigenvalue weighted by Crippen LogP contribution is -2.25. The average molecular weight is 568 g/mol. The molecule has 38 heavy (non-hydrogen) atoms. The molecule has 0 heterocycles. The van der Waals surface area contributed by atoms with Gasteiger partial charge in [0.1, 0.15) is 4.90 Å². The Morgan fingerprint density at radius 3 is 1.63 bits per heavy atom. The van der Waals surface area contributed by atoms with E-state index in [2.05, 4.69) is 9.47 Å². The van der Waals surface area contributed by atoms with Gasteiger partial charge in [0.2, 0.25) is 0 Å². The fourth-order valence-corrected chi connectivity index (χ4v) is 5.24. The van der Waals surface area contributed by atoms with Gasteiger partial charge < -0.3 is 19.7 Å². The number of ether oxygens (including phenoxy) is 2. The van der Waals surface area contributed by atoms with Gasteiger partial charge in [0.05, 0.1) is 41.4 Å². The molecule has 14 nitrogen and oxygen atoms in total. The van der Waals surface area contributed by atoms with Gasteiger partial charge in [0, 0.05) is 5.56 Å². The van der Waals surface area contributed by atoms with Gasteiger partial charge in [-0.15, -0.1) is 0 Å². The van der Waals surface area contributed by atoms with Gasteiger partial charge >= 0.3 is 23.9 Å². The van der Waals surface area contributed by atoms with Crippen LogP contribution in [0.1, 0.15) is 41.4 Å². The van der Waals surface area contributed by atoms with E-state index in [1.54, 1.807) is 0 Å². The number of carbonyl (C=O) groups is 4. The van der Waals surface area contributed by atoms with Crippen LogP contribution in [0.15, 0.2) is 46.2 Å². The Balaban J connectivity index is 2.68. The first-order valence-electron chi connectivity index (χ1n) is 9.90. The number of aromatic carboxylic acids is 2. The molecule has 0 unspecified atom stereocenters. The molecule has 0 fully saturated rings. The lowest BCUT2D eigenvalue weighted by Gasteiger charge is -2.20. The van der Waals surface area contributed by atoms with Crippen LogP contribution >= 0.6 is 0 Å². The van der Waals surface area contributed by atoms with Crippen LogP contribution in [0.25, 0.3) is 21.9 Å². The molecule has 0 aliphatic heterocycles. The van der Waals surface area contributed by atoms with E-state index >= 15 is 0 Å². The number of carboxylic acid groups (broad SMARTS) is 2. The Hall–Kier alpha value is -4.38. The highest BCUT2D eigenvalue weighted by Crippen LogP contribution is 2.40. The Bertz CT molecular complexity index is 1770. The molecular weight excluding hydrogens is 552 g/mol. The van der Waals surface area contributed by atoms with Gasteiger partial charge in [0.15, 0.2) is 0 Å². The molecule has 3 aromatic rings. The van der Waals surface area contributed by atoms with E-state index in [1.807, 2.05) is 0 Å². The molecule has 0 amide bonds. The number of benzene rings is 3. The molecule has 0 bridgehead atoms. The summed E-state index contributed by atoms with van der Waals surface area (Å²) >= 11 is 0. The summed E-state index contributed by atoms with van der Waals surface area (Å²) in [4.78, 5) is 47.8. The van der Waals surface area contributed by atoms with Crippen LogP contribution < -0.4 is 0 Å². The van der Waals surface area contributed by atoms with E-state index < -0.39 is 81.7 Å². The van der Waals surface area contributed by atoms with Crippen LogP contribution in [0.2, 0.25) is 0 Å². The number of methoxy groups -OCH3 is 2. The number of esters is 2. The van der Waals surface area contributed by atoms with Crippen molar-refractivity contribution in [2.45, 2.75) is 9.79 Å². The number of rotatable bonds is 7. The van der Waals surface area contributed by atoms with Crippen LogP contribution in [0.4, 0.5) is 0 Å². The van der Waals surface area contributed by atoms with Gasteiger partial charge in [-0.2, -0.15) is 16.8 Å². The maximum Gasteiger partial charge on any atom is 0.340 e. The first kappa shape index (κ1) is 28.2. The lowest BCUT2D eigenvalue weighted by molar-refractivity contribution is 0.0563. The maximum absolute atomic E-state index is 12.8. The smallest absolute Gasteiger partial charge is 0.340 e. The number of carboxylic acids is 2. The normalized spacial score (nSPS) is 11.7. The van der Waals surface area contributed by atoms with E-state index in [0.717, 1.165) is 38.5 Å². The third-order valence-electron chi connectivity index (χ3n) is 5.32. The molecule has 0 spiro atoms. The zero-order valence-corrected chi connectivity index (χ0v) is 20.8. The second-order valence-corrected chi connectivity index (χ2v) is 10.3. The second kappa shape index (κ2) is 9.82. The Morgan fingerprint density at radius 2 is 1.16 bits per heavy atom. The summed E-state index contributed by atoms with van der Waals surface area (Å²) in [5.41, 5.74) is -6.27. The minimum Gasteiger partial charge on any atom is -0.478 e. The molecule has 200 valence electrons. The predicted molar refractivity (Wildman–Crippen MR) is 126 cm³/mol. The molecule has 0 aliphatic carbocycles. The fraction of sp³-hybridized carbons (Fsp3) is 0.0909. The van der Waals surface area contributed by atoms with E-state index in [-0.39, 0.29) is 16.3 Å². The van der Waals surface area contributed by atoms with E-state index in [0.29, 0.717) is 0 Å². The molecule has 0 aromatic heterocycles. The molecule has 4 N–H and O–H groups in total. The van der Waals surface area contributed by atoms with Crippen molar-refractivity contribution in [3.05, 3.63) is 58.7 Å². The van der Waals surface area contributed by atoms with Crippen LogP contribution in [-0.2, 0) is 29.7 Å². The molecule has 0 saturated heterocycles. The van der Waals surface area contributed by atoms with Crippen molar-refractivity contribution in [1.82, 2.24) is 0 Å². The average Bonchev–Trinajstić information content (AvgIpc) is 2.83. The number of hydrogen-bond acceptors (Lipinski definition) is 10. The highest BCUT2D eigenvalue weighted by Gasteiger charge is 2.41. The molecule has 0 saturated carbocycles. The van der Waals surface area contributed by atoms with E-state index in [9.17, 15) is 55.3 Å². The van der Waals surface area contributed by atoms with Crippen molar-refractivity contribution in [3.8, 4) is 11.1 Å². The Labute approximate surface area is 213 Å². The summed E-state index contributed by atoms with van der Waals surface area (Å²) in [6.45, 7) is 0. The van der Waals surface area contributed by atoms with Crippen LogP contribution in [0, 0.1) is 0 Å². The first-order valence-corrected chi connectivity index (χ1v) is 12.8. The molecular formula is C22H16O14S2. The minimum atomic E-state index is -5.66. The monoisotopic (exact) mass is 568 g/mol. The van der Waals surface area contributed by atoms with Crippen LogP contribution in [-0.4, -0.2) is 74.3 Å². The molecule has 0 atom stereocenters. The highest BCUT2D eigenvalue weighted by molar-refractivity contribution is 7.86. The largest absolute Gasteiger partial charge is 0.478 e. The van der Waals surface area contributed by atoms with Crippen molar-refractivity contribution in [2.24, 2.45) is 0 Å². The zero-order valence-electron chi connectivity index (χ0n) is 19.2. The topological polar surface area (TPSA) is 236 Å². The molecule has 3 aromatic carbocycles. The first-order chi connectivity index (χ1) is 17.5. The summed E-state index contributed by atoms with van der Waals surface area (Å²) < 4.78 is 75.8. The summed E-state index contributed by atoms with van der Waals surface area (Å²) in [6.07, 6.45) is 0. The molecule has 3 rings (SSSR count). The molecule has 16 heteroatoms. The van der Waals surface area contributed by atoms with Crippen molar-refractivity contribution < 1.29 is 64.8 Å². The number of hydrogen-bond donors (Lipinski definition) is 4. The standard InChI is InChI=1S/C22H16O14S2/c1-35-21(27)15-13(11-4-3-10-8-12(37(29,30)31)6-5-9(10)7-11)16(20(25)26)18(38(32,33)34)17(22(28)36-2)14(15)19(23)24/h3-8H,1-2H3,(H,23,24)(H,25,26)(H,29,30,31)(H,32,33,34). The lowest BCUT2D eigenvalue weighted by atomic mass is 9.86. The quantitative estimate of drug-likeness (QED) is 0.235. The maximum atomic E-state index is 12.8. The fourth-order valence-electron chi connectivity index (χ4n) is 3.83. The summed E-state index contributed by atoms with van der Waals surface area (Å²) in [5, 5.41) is 20.2. The van der Waals surface area contributed by atoms with Crippen LogP contribution in [0.5, 0.6) is 0 Å². The van der Waals surface area contributed by atoms with Gasteiger partial charge in [0.25, 0.3) is 20.2 Å². The zero-order chi connectivity index (χ0) is 28.7.